The molecule has 0 aromatic carbocycles. The maximum Gasteiger partial charge on any atom is 0.255 e. The Bertz CT molecular complexity index is 441. The van der Waals surface area contributed by atoms with E-state index in [9.17, 15) is 14.7 Å². The zero-order valence-corrected chi connectivity index (χ0v) is 11.4. The van der Waals surface area contributed by atoms with E-state index in [1.54, 1.807) is 19.9 Å². The van der Waals surface area contributed by atoms with E-state index in [1.807, 2.05) is 6.26 Å². The van der Waals surface area contributed by atoms with Gasteiger partial charge in [-0.25, -0.2) is 0 Å². The average Bonchev–Trinajstić information content (AvgIpc) is 2.63. The summed E-state index contributed by atoms with van der Waals surface area (Å²) in [5.74, 6) is 0.0242. The molecule has 5 nitrogen and oxygen atoms in total. The minimum absolute atomic E-state index is 0.338. The van der Waals surface area contributed by atoms with Crippen molar-refractivity contribution in [2.75, 3.05) is 12.0 Å². The van der Waals surface area contributed by atoms with Crippen molar-refractivity contribution in [1.82, 2.24) is 5.32 Å². The highest BCUT2D eigenvalue weighted by molar-refractivity contribution is 7.98. The lowest BCUT2D eigenvalue weighted by Gasteiger charge is -2.18. The quantitative estimate of drug-likeness (QED) is 0.814. The Morgan fingerprint density at radius 2 is 2.17 bits per heavy atom. The van der Waals surface area contributed by atoms with Gasteiger partial charge in [0.15, 0.2) is 0 Å². The first-order valence-corrected chi connectivity index (χ1v) is 6.92. The molecule has 1 aromatic rings. The summed E-state index contributed by atoms with van der Waals surface area (Å²) in [5, 5.41) is 13.4. The van der Waals surface area contributed by atoms with Crippen LogP contribution in [0.5, 0.6) is 0 Å². The number of aliphatic carboxylic acids is 1. The van der Waals surface area contributed by atoms with Crippen LogP contribution in [0.25, 0.3) is 0 Å². The van der Waals surface area contributed by atoms with Crippen LogP contribution in [0.4, 0.5) is 0 Å². The van der Waals surface area contributed by atoms with Gasteiger partial charge in [-0.3, -0.25) is 4.79 Å². The van der Waals surface area contributed by atoms with Crippen molar-refractivity contribution in [2.24, 2.45) is 0 Å². The molecule has 0 bridgehead atoms. The van der Waals surface area contributed by atoms with E-state index in [-0.39, 0.29) is 0 Å². The Hall–Kier alpha value is -1.43. The molecule has 0 fully saturated rings. The van der Waals surface area contributed by atoms with Crippen LogP contribution in [0.2, 0.25) is 0 Å². The summed E-state index contributed by atoms with van der Waals surface area (Å²) < 4.78 is 5.23. The highest BCUT2D eigenvalue weighted by Crippen LogP contribution is 2.14. The van der Waals surface area contributed by atoms with Crippen LogP contribution in [0.3, 0.4) is 0 Å². The van der Waals surface area contributed by atoms with E-state index in [4.69, 9.17) is 4.42 Å². The molecule has 1 unspecified atom stereocenters. The van der Waals surface area contributed by atoms with Gasteiger partial charge in [-0.05, 0) is 38.3 Å². The first-order valence-electron chi connectivity index (χ1n) is 5.53. The van der Waals surface area contributed by atoms with Crippen LogP contribution in [-0.2, 0) is 4.79 Å². The minimum Gasteiger partial charge on any atom is -0.548 e. The van der Waals surface area contributed by atoms with Crippen molar-refractivity contribution >= 4 is 23.6 Å². The molecular weight excluding hydrogens is 254 g/mol. The lowest BCUT2D eigenvalue weighted by atomic mass is 10.2. The molecule has 0 spiro atoms. The number of amides is 1. The molecule has 1 heterocycles. The second-order valence-electron chi connectivity index (χ2n) is 3.95. The molecule has 18 heavy (non-hydrogen) atoms. The molecule has 1 amide bonds. The van der Waals surface area contributed by atoms with Gasteiger partial charge in [0.2, 0.25) is 0 Å². The number of furan rings is 1. The molecule has 0 aliphatic carbocycles. The molecule has 0 aliphatic rings. The Morgan fingerprint density at radius 1 is 1.50 bits per heavy atom. The van der Waals surface area contributed by atoms with Gasteiger partial charge in [0, 0.05) is 0 Å². The Morgan fingerprint density at radius 3 is 2.61 bits per heavy atom. The topological polar surface area (TPSA) is 82.4 Å². The number of carbonyl (C=O) groups is 2. The monoisotopic (exact) mass is 270 g/mol. The molecule has 0 saturated heterocycles. The van der Waals surface area contributed by atoms with E-state index in [0.717, 1.165) is 0 Å². The lowest BCUT2D eigenvalue weighted by molar-refractivity contribution is -0.308. The predicted octanol–water partition coefficient (Wildman–Crippen LogP) is 0.498. The van der Waals surface area contributed by atoms with Crippen molar-refractivity contribution < 1.29 is 19.1 Å². The van der Waals surface area contributed by atoms with Crippen molar-refractivity contribution in [1.29, 1.82) is 0 Å². The first kappa shape index (κ1) is 14.6. The van der Waals surface area contributed by atoms with Gasteiger partial charge in [0.05, 0.1) is 17.6 Å². The molecule has 0 saturated carbocycles. The number of aryl methyl sites for hydroxylation is 2. The molecule has 1 atom stereocenters. The molecular formula is C12H16NO4S-. The second-order valence-corrected chi connectivity index (χ2v) is 4.94. The summed E-state index contributed by atoms with van der Waals surface area (Å²) in [6, 6.07) is 0.616. The fraction of sp³-hybridized carbons (Fsp3) is 0.500. The summed E-state index contributed by atoms with van der Waals surface area (Å²) in [6.07, 6.45) is 2.21. The van der Waals surface area contributed by atoms with E-state index in [2.05, 4.69) is 5.32 Å². The summed E-state index contributed by atoms with van der Waals surface area (Å²) in [6.45, 7) is 3.39. The number of carbonyl (C=O) groups excluding carboxylic acids is 2. The summed E-state index contributed by atoms with van der Waals surface area (Å²) in [4.78, 5) is 22.8. The molecule has 6 heteroatoms. The van der Waals surface area contributed by atoms with Gasteiger partial charge >= 0.3 is 0 Å². The van der Waals surface area contributed by atoms with Crippen LogP contribution in [0.15, 0.2) is 10.5 Å². The third-order valence-corrected chi connectivity index (χ3v) is 3.13. The van der Waals surface area contributed by atoms with E-state index in [1.165, 1.54) is 11.8 Å². The zero-order valence-electron chi connectivity index (χ0n) is 10.6. The summed E-state index contributed by atoms with van der Waals surface area (Å²) in [7, 11) is 0. The van der Waals surface area contributed by atoms with Crippen LogP contribution >= 0.6 is 11.8 Å². The number of nitrogens with one attached hydrogen (secondary N) is 1. The van der Waals surface area contributed by atoms with Crippen LogP contribution < -0.4 is 10.4 Å². The third-order valence-electron chi connectivity index (χ3n) is 2.49. The minimum atomic E-state index is -1.27. The Labute approximate surface area is 110 Å². The number of carboxylic acid groups (broad SMARTS) is 1. The molecule has 0 aliphatic heterocycles. The normalized spacial score (nSPS) is 12.2. The first-order chi connectivity index (χ1) is 8.45. The van der Waals surface area contributed by atoms with Crippen molar-refractivity contribution in [3.8, 4) is 0 Å². The van der Waals surface area contributed by atoms with Crippen molar-refractivity contribution in [2.45, 2.75) is 26.3 Å². The summed E-state index contributed by atoms with van der Waals surface area (Å²) >= 11 is 1.52. The lowest BCUT2D eigenvalue weighted by Crippen LogP contribution is -2.48. The van der Waals surface area contributed by atoms with Gasteiger partial charge < -0.3 is 19.6 Å². The fourth-order valence-corrected chi connectivity index (χ4v) is 2.05. The second kappa shape index (κ2) is 6.49. The number of hydrogen-bond donors (Lipinski definition) is 1. The van der Waals surface area contributed by atoms with Crippen molar-refractivity contribution in [3.63, 3.8) is 0 Å². The molecule has 1 N–H and O–H groups in total. The number of rotatable bonds is 6. The number of thioether (sulfide) groups is 1. The van der Waals surface area contributed by atoms with Gasteiger partial charge in [0.25, 0.3) is 5.91 Å². The van der Waals surface area contributed by atoms with E-state index >= 15 is 0 Å². The maximum atomic E-state index is 11.9. The Kier molecular flexibility index (Phi) is 5.27. The predicted molar refractivity (Wildman–Crippen MR) is 67.4 cm³/mol. The molecule has 0 radical (unpaired) electrons. The third kappa shape index (κ3) is 3.80. The van der Waals surface area contributed by atoms with Gasteiger partial charge in [0.1, 0.15) is 11.5 Å². The van der Waals surface area contributed by atoms with Crippen LogP contribution in [-0.4, -0.2) is 29.9 Å². The van der Waals surface area contributed by atoms with Crippen molar-refractivity contribution in [3.05, 3.63) is 23.2 Å². The van der Waals surface area contributed by atoms with E-state index in [0.29, 0.717) is 29.3 Å². The molecule has 1 rings (SSSR count). The fourth-order valence-electron chi connectivity index (χ4n) is 1.58. The SMILES string of the molecule is CSCCC(NC(=O)c1cc(C)oc1C)C(=O)[O-]. The van der Waals surface area contributed by atoms with Crippen LogP contribution in [0.1, 0.15) is 28.3 Å². The number of hydrogen-bond acceptors (Lipinski definition) is 5. The zero-order chi connectivity index (χ0) is 13.7. The van der Waals surface area contributed by atoms with Gasteiger partial charge in [-0.15, -0.1) is 0 Å². The largest absolute Gasteiger partial charge is 0.548 e. The van der Waals surface area contributed by atoms with Gasteiger partial charge in [-0.2, -0.15) is 11.8 Å². The summed E-state index contributed by atoms with van der Waals surface area (Å²) in [5.41, 5.74) is 0.364. The standard InChI is InChI=1S/C12H17NO4S/c1-7-6-9(8(2)17-7)11(14)13-10(12(15)16)4-5-18-3/h6,10H,4-5H2,1-3H3,(H,13,14)(H,15,16)/p-1. The van der Waals surface area contributed by atoms with Gasteiger partial charge in [-0.1, -0.05) is 0 Å². The highest BCUT2D eigenvalue weighted by Gasteiger charge is 2.18. The smallest absolute Gasteiger partial charge is 0.255 e. The van der Waals surface area contributed by atoms with E-state index < -0.39 is 17.9 Å². The Balaban J connectivity index is 2.72. The number of carboxylic acids is 1. The molecule has 100 valence electrons. The average molecular weight is 270 g/mol. The maximum absolute atomic E-state index is 11.9. The highest BCUT2D eigenvalue weighted by atomic mass is 32.2. The van der Waals surface area contributed by atoms with Crippen LogP contribution in [0, 0.1) is 13.8 Å². The molecule has 1 aromatic heterocycles.